The van der Waals surface area contributed by atoms with Crippen LogP contribution in [0.4, 0.5) is 0 Å². The van der Waals surface area contributed by atoms with Crippen LogP contribution >= 0.6 is 0 Å². The van der Waals surface area contributed by atoms with Gasteiger partial charge in [-0.15, -0.1) is 5.10 Å². The molecule has 2 aromatic rings. The van der Waals surface area contributed by atoms with E-state index in [9.17, 15) is 0 Å². The predicted molar refractivity (Wildman–Crippen MR) is 86.4 cm³/mol. The van der Waals surface area contributed by atoms with E-state index in [-0.39, 0.29) is 0 Å². The first-order valence-electron chi connectivity index (χ1n) is 7.37. The van der Waals surface area contributed by atoms with Crippen molar-refractivity contribution < 1.29 is 9.47 Å². The maximum atomic E-state index is 9.12. The average Bonchev–Trinajstić information content (AvgIpc) is 2.93. The van der Waals surface area contributed by atoms with Gasteiger partial charge in [-0.1, -0.05) is 17.4 Å². The first-order valence-corrected chi connectivity index (χ1v) is 7.37. The third-order valence-corrected chi connectivity index (χ3v) is 3.25. The Morgan fingerprint density at radius 3 is 2.61 bits per heavy atom. The fraction of sp³-hybridized carbons (Fsp3) is 0.353. The number of nitriles is 1. The first kappa shape index (κ1) is 16.6. The van der Waals surface area contributed by atoms with Gasteiger partial charge in [0.1, 0.15) is 17.6 Å². The van der Waals surface area contributed by atoms with Crippen molar-refractivity contribution in [3.8, 4) is 17.6 Å². The summed E-state index contributed by atoms with van der Waals surface area (Å²) >= 11 is 0. The lowest BCUT2D eigenvalue weighted by atomic mass is 10.2. The van der Waals surface area contributed by atoms with E-state index in [1.165, 1.54) is 0 Å². The third kappa shape index (κ3) is 4.58. The summed E-state index contributed by atoms with van der Waals surface area (Å²) < 4.78 is 12.5. The van der Waals surface area contributed by atoms with E-state index in [0.29, 0.717) is 25.3 Å². The van der Waals surface area contributed by atoms with Crippen LogP contribution in [-0.2, 0) is 13.0 Å². The van der Waals surface area contributed by atoms with Crippen LogP contribution in [0, 0.1) is 11.3 Å². The quantitative estimate of drug-likeness (QED) is 0.553. The van der Waals surface area contributed by atoms with Crippen molar-refractivity contribution in [1.29, 1.82) is 5.26 Å². The molecule has 0 bridgehead atoms. The summed E-state index contributed by atoms with van der Waals surface area (Å²) in [6.07, 6.45) is 1.45. The lowest BCUT2D eigenvalue weighted by Crippen LogP contribution is -2.08. The summed E-state index contributed by atoms with van der Waals surface area (Å²) in [6.45, 7) is 6.92. The van der Waals surface area contributed by atoms with Crippen molar-refractivity contribution in [2.45, 2.75) is 26.3 Å². The Labute approximate surface area is 135 Å². The van der Waals surface area contributed by atoms with Crippen molar-refractivity contribution in [3.05, 3.63) is 47.8 Å². The van der Waals surface area contributed by atoms with E-state index in [1.54, 1.807) is 11.8 Å². The van der Waals surface area contributed by atoms with Gasteiger partial charge in [0.25, 0.3) is 0 Å². The minimum atomic E-state index is 0.371. The molecule has 0 saturated carbocycles. The molecule has 0 aliphatic heterocycles. The zero-order chi connectivity index (χ0) is 16.7. The molecule has 6 heteroatoms. The minimum absolute atomic E-state index is 0.371. The predicted octanol–water partition coefficient (Wildman–Crippen LogP) is 2.75. The third-order valence-electron chi connectivity index (χ3n) is 3.25. The molecule has 0 fully saturated rings. The Kier molecular flexibility index (Phi) is 5.75. The fourth-order valence-corrected chi connectivity index (χ4v) is 2.15. The van der Waals surface area contributed by atoms with Crippen LogP contribution < -0.4 is 9.47 Å². The molecular formula is C17H20N4O2. The number of rotatable bonds is 8. The zero-order valence-electron chi connectivity index (χ0n) is 13.5. The largest absolute Gasteiger partial charge is 0.497 e. The molecule has 0 aliphatic rings. The maximum absolute atomic E-state index is 9.12. The van der Waals surface area contributed by atoms with Crippen LogP contribution in [0.3, 0.4) is 0 Å². The number of nitrogens with zero attached hydrogens (tertiary/aromatic N) is 4. The van der Waals surface area contributed by atoms with Crippen molar-refractivity contribution in [3.63, 3.8) is 0 Å². The van der Waals surface area contributed by atoms with E-state index in [1.807, 2.05) is 31.2 Å². The number of ether oxygens (including phenoxy) is 2. The normalized spacial score (nSPS) is 10.1. The van der Waals surface area contributed by atoms with Crippen LogP contribution in [-0.4, -0.2) is 28.7 Å². The van der Waals surface area contributed by atoms with E-state index >= 15 is 0 Å². The van der Waals surface area contributed by atoms with Gasteiger partial charge >= 0.3 is 0 Å². The second-order valence-electron chi connectivity index (χ2n) is 5.24. The van der Waals surface area contributed by atoms with Crippen molar-refractivity contribution in [1.82, 2.24) is 15.0 Å². The molecular weight excluding hydrogens is 292 g/mol. The van der Waals surface area contributed by atoms with E-state index in [0.717, 1.165) is 29.2 Å². The lowest BCUT2D eigenvalue weighted by Gasteiger charge is -2.08. The highest BCUT2D eigenvalue weighted by Gasteiger charge is 2.12. The lowest BCUT2D eigenvalue weighted by molar-refractivity contribution is 0.308. The summed E-state index contributed by atoms with van der Waals surface area (Å²) in [5.74, 6) is 1.59. The van der Waals surface area contributed by atoms with Crippen LogP contribution in [0.1, 0.15) is 24.7 Å². The molecule has 0 N–H and O–H groups in total. The molecule has 0 radical (unpaired) electrons. The van der Waals surface area contributed by atoms with Gasteiger partial charge < -0.3 is 9.47 Å². The number of hydrogen-bond donors (Lipinski definition) is 0. The highest BCUT2D eigenvalue weighted by Crippen LogP contribution is 2.17. The van der Waals surface area contributed by atoms with Crippen LogP contribution in [0.15, 0.2) is 36.4 Å². The van der Waals surface area contributed by atoms with Crippen LogP contribution in [0.5, 0.6) is 11.5 Å². The molecule has 1 aromatic heterocycles. The second kappa shape index (κ2) is 7.99. The van der Waals surface area contributed by atoms with Crippen LogP contribution in [0.2, 0.25) is 0 Å². The second-order valence-corrected chi connectivity index (χ2v) is 5.24. The molecule has 0 unspecified atom stereocenters. The summed E-state index contributed by atoms with van der Waals surface area (Å²) in [5.41, 5.74) is 2.17. The summed E-state index contributed by atoms with van der Waals surface area (Å²) in [5, 5.41) is 17.0. The molecule has 6 nitrogen and oxygen atoms in total. The minimum Gasteiger partial charge on any atom is -0.497 e. The van der Waals surface area contributed by atoms with Gasteiger partial charge in [-0.05, 0) is 44.0 Å². The van der Waals surface area contributed by atoms with Gasteiger partial charge in [0.2, 0.25) is 0 Å². The molecule has 2 rings (SSSR count). The fourth-order valence-electron chi connectivity index (χ4n) is 2.15. The monoisotopic (exact) mass is 312 g/mol. The topological polar surface area (TPSA) is 73.0 Å². The SMILES string of the molecule is C=C(C)Cn1nnc(C#N)c1CCCOc1ccc(OC)cc1. The standard InChI is InChI=1S/C17H20N4O2/c1-13(2)12-21-17(16(11-18)19-20-21)5-4-10-23-15-8-6-14(22-3)7-9-15/h6-9H,1,4-5,10,12H2,2-3H3. The molecule has 0 atom stereocenters. The summed E-state index contributed by atoms with van der Waals surface area (Å²) in [6, 6.07) is 9.53. The molecule has 120 valence electrons. The summed E-state index contributed by atoms with van der Waals surface area (Å²) in [4.78, 5) is 0. The molecule has 1 heterocycles. The maximum Gasteiger partial charge on any atom is 0.185 e. The van der Waals surface area contributed by atoms with Gasteiger partial charge in [0.15, 0.2) is 5.69 Å². The Morgan fingerprint density at radius 2 is 2.00 bits per heavy atom. The number of benzene rings is 1. The molecule has 1 aromatic carbocycles. The Morgan fingerprint density at radius 1 is 1.30 bits per heavy atom. The number of hydrogen-bond acceptors (Lipinski definition) is 5. The van der Waals surface area contributed by atoms with Gasteiger partial charge in [0.05, 0.1) is 26.0 Å². The van der Waals surface area contributed by atoms with E-state index < -0.39 is 0 Å². The highest BCUT2D eigenvalue weighted by atomic mass is 16.5. The van der Waals surface area contributed by atoms with E-state index in [2.05, 4.69) is 23.0 Å². The Balaban J connectivity index is 1.89. The summed E-state index contributed by atoms with van der Waals surface area (Å²) in [7, 11) is 1.63. The number of methoxy groups -OCH3 is 1. The first-order chi connectivity index (χ1) is 11.1. The highest BCUT2D eigenvalue weighted by molar-refractivity contribution is 5.31. The molecule has 0 spiro atoms. The zero-order valence-corrected chi connectivity index (χ0v) is 13.5. The van der Waals surface area contributed by atoms with Gasteiger partial charge in [-0.25, -0.2) is 4.68 Å². The molecule has 0 aliphatic carbocycles. The molecule has 0 amide bonds. The smallest absolute Gasteiger partial charge is 0.185 e. The van der Waals surface area contributed by atoms with Crippen LogP contribution in [0.25, 0.3) is 0 Å². The Hall–Kier alpha value is -2.81. The Bertz CT molecular complexity index is 698. The number of allylic oxidation sites excluding steroid dienone is 1. The van der Waals surface area contributed by atoms with Crippen molar-refractivity contribution >= 4 is 0 Å². The van der Waals surface area contributed by atoms with Gasteiger partial charge in [0, 0.05) is 0 Å². The average molecular weight is 312 g/mol. The molecule has 23 heavy (non-hydrogen) atoms. The number of aromatic nitrogens is 3. The van der Waals surface area contributed by atoms with Gasteiger partial charge in [-0.3, -0.25) is 0 Å². The molecule has 0 saturated heterocycles. The van der Waals surface area contributed by atoms with Crippen molar-refractivity contribution in [2.24, 2.45) is 0 Å². The van der Waals surface area contributed by atoms with Gasteiger partial charge in [-0.2, -0.15) is 5.26 Å². The van der Waals surface area contributed by atoms with E-state index in [4.69, 9.17) is 14.7 Å². The van der Waals surface area contributed by atoms with Crippen molar-refractivity contribution in [2.75, 3.05) is 13.7 Å².